The second kappa shape index (κ2) is 5.99. The Morgan fingerprint density at radius 1 is 1.33 bits per heavy atom. The molecule has 2 aromatic heterocycles. The zero-order chi connectivity index (χ0) is 15.0. The van der Waals surface area contributed by atoms with Gasteiger partial charge in [-0.25, -0.2) is 4.98 Å². The van der Waals surface area contributed by atoms with E-state index >= 15 is 0 Å². The van der Waals surface area contributed by atoms with E-state index in [0.29, 0.717) is 5.88 Å². The minimum absolute atomic E-state index is 0.624. The molecule has 0 spiro atoms. The van der Waals surface area contributed by atoms with Gasteiger partial charge in [0.25, 0.3) is 0 Å². The maximum absolute atomic E-state index is 5.98. The van der Waals surface area contributed by atoms with Crippen LogP contribution in [0.15, 0.2) is 0 Å². The van der Waals surface area contributed by atoms with Gasteiger partial charge < -0.3 is 4.57 Å². The molecule has 1 fully saturated rings. The molecule has 0 amide bonds. The van der Waals surface area contributed by atoms with Crippen LogP contribution in [0.2, 0.25) is 0 Å². The van der Waals surface area contributed by atoms with E-state index in [-0.39, 0.29) is 0 Å². The van der Waals surface area contributed by atoms with Crippen molar-refractivity contribution in [1.29, 1.82) is 0 Å². The molecule has 0 saturated heterocycles. The summed E-state index contributed by atoms with van der Waals surface area (Å²) in [6.07, 6.45) is 5.79. The van der Waals surface area contributed by atoms with Crippen molar-refractivity contribution in [2.45, 2.75) is 52.5 Å². The number of aryl methyl sites for hydroxylation is 3. The Labute approximate surface area is 131 Å². The summed E-state index contributed by atoms with van der Waals surface area (Å²) in [6.45, 7) is 5.57. The molecule has 2 heterocycles. The van der Waals surface area contributed by atoms with Crippen LogP contribution in [0.3, 0.4) is 0 Å². The van der Waals surface area contributed by atoms with Gasteiger partial charge in [0.2, 0.25) is 0 Å². The first-order chi connectivity index (χ1) is 10.1. The highest BCUT2D eigenvalue weighted by molar-refractivity contribution is 6.17. The van der Waals surface area contributed by atoms with Crippen molar-refractivity contribution in [2.75, 3.05) is 5.88 Å². The van der Waals surface area contributed by atoms with Crippen LogP contribution in [0.1, 0.15) is 44.6 Å². The third kappa shape index (κ3) is 2.70. The number of alkyl halides is 1. The summed E-state index contributed by atoms with van der Waals surface area (Å²) in [6, 6.07) is 0. The van der Waals surface area contributed by atoms with Crippen LogP contribution in [-0.4, -0.2) is 25.2 Å². The summed E-state index contributed by atoms with van der Waals surface area (Å²) < 4.78 is 4.38. The molecule has 2 atom stereocenters. The fourth-order valence-electron chi connectivity index (χ4n) is 3.74. The van der Waals surface area contributed by atoms with Crippen LogP contribution < -0.4 is 0 Å². The number of fused-ring (bicyclic) bond motifs is 1. The average molecular weight is 309 g/mol. The van der Waals surface area contributed by atoms with Crippen LogP contribution in [-0.2, 0) is 26.4 Å². The van der Waals surface area contributed by atoms with Gasteiger partial charge in [-0.15, -0.1) is 11.6 Å². The maximum Gasteiger partial charge on any atom is 0.158 e. The van der Waals surface area contributed by atoms with Crippen LogP contribution >= 0.6 is 11.6 Å². The second-order valence-corrected chi connectivity index (χ2v) is 6.84. The minimum atomic E-state index is 0.624. The molecule has 0 N–H and O–H groups in total. The van der Waals surface area contributed by atoms with E-state index in [2.05, 4.69) is 23.5 Å². The zero-order valence-electron chi connectivity index (χ0n) is 13.3. The van der Waals surface area contributed by atoms with E-state index in [0.717, 1.165) is 48.3 Å². The average Bonchev–Trinajstić information content (AvgIpc) is 3.09. The van der Waals surface area contributed by atoms with E-state index in [4.69, 9.17) is 16.6 Å². The van der Waals surface area contributed by atoms with Crippen molar-refractivity contribution in [3.63, 3.8) is 0 Å². The standard InChI is InChI=1S/C16H25ClN4/c1-4-13-15-16(20(3)19-13)21(14(18-15)7-8-17)10-12-6-5-11(2)9-12/h11-12H,4-10H2,1-3H3. The Bertz CT molecular complexity index is 628. The highest BCUT2D eigenvalue weighted by Crippen LogP contribution is 2.33. The number of nitrogens with zero attached hydrogens (tertiary/aromatic N) is 4. The summed E-state index contributed by atoms with van der Waals surface area (Å²) in [5, 5.41) is 4.62. The van der Waals surface area contributed by atoms with Gasteiger partial charge in [-0.05, 0) is 31.1 Å². The van der Waals surface area contributed by atoms with Gasteiger partial charge >= 0.3 is 0 Å². The topological polar surface area (TPSA) is 35.6 Å². The smallest absolute Gasteiger partial charge is 0.158 e. The monoisotopic (exact) mass is 308 g/mol. The van der Waals surface area contributed by atoms with Crippen molar-refractivity contribution in [2.24, 2.45) is 18.9 Å². The molecule has 0 radical (unpaired) electrons. The Hall–Kier alpha value is -1.03. The largest absolute Gasteiger partial charge is 0.313 e. The lowest BCUT2D eigenvalue weighted by Gasteiger charge is -2.14. The number of hydrogen-bond donors (Lipinski definition) is 0. The summed E-state index contributed by atoms with van der Waals surface area (Å²) >= 11 is 5.98. The maximum atomic E-state index is 5.98. The highest BCUT2D eigenvalue weighted by Gasteiger charge is 2.25. The first-order valence-corrected chi connectivity index (χ1v) is 8.64. The Morgan fingerprint density at radius 3 is 2.76 bits per heavy atom. The van der Waals surface area contributed by atoms with Gasteiger partial charge in [0.15, 0.2) is 5.65 Å². The van der Waals surface area contributed by atoms with E-state index < -0.39 is 0 Å². The van der Waals surface area contributed by atoms with Crippen LogP contribution in [0.4, 0.5) is 0 Å². The molecule has 0 bridgehead atoms. The SMILES string of the molecule is CCc1nn(C)c2c1nc(CCCl)n2CC1CCC(C)C1. The lowest BCUT2D eigenvalue weighted by Crippen LogP contribution is -2.13. The Balaban J connectivity index is 2.01. The molecule has 5 heteroatoms. The minimum Gasteiger partial charge on any atom is -0.313 e. The molecule has 21 heavy (non-hydrogen) atoms. The molecule has 2 unspecified atom stereocenters. The van der Waals surface area contributed by atoms with Crippen molar-refractivity contribution < 1.29 is 0 Å². The third-order valence-electron chi connectivity index (χ3n) is 4.77. The second-order valence-electron chi connectivity index (χ2n) is 6.46. The fourth-order valence-corrected chi connectivity index (χ4v) is 3.91. The van der Waals surface area contributed by atoms with E-state index in [1.807, 2.05) is 11.7 Å². The van der Waals surface area contributed by atoms with Crippen molar-refractivity contribution >= 4 is 22.8 Å². The summed E-state index contributed by atoms with van der Waals surface area (Å²) in [7, 11) is 2.03. The molecule has 1 aliphatic rings. The van der Waals surface area contributed by atoms with Gasteiger partial charge in [-0.2, -0.15) is 5.10 Å². The van der Waals surface area contributed by atoms with Crippen LogP contribution in [0.5, 0.6) is 0 Å². The quantitative estimate of drug-likeness (QED) is 0.792. The number of rotatable bonds is 5. The van der Waals surface area contributed by atoms with Crippen molar-refractivity contribution in [1.82, 2.24) is 19.3 Å². The van der Waals surface area contributed by atoms with Crippen molar-refractivity contribution in [3.05, 3.63) is 11.5 Å². The molecule has 0 aromatic carbocycles. The predicted molar refractivity (Wildman–Crippen MR) is 86.8 cm³/mol. The molecular formula is C16H25ClN4. The normalized spacial score (nSPS) is 22.5. The lowest BCUT2D eigenvalue weighted by molar-refractivity contribution is 0.435. The predicted octanol–water partition coefficient (Wildman–Crippen LogP) is 3.55. The molecule has 2 aromatic rings. The fraction of sp³-hybridized carbons (Fsp3) is 0.750. The molecule has 1 aliphatic carbocycles. The van der Waals surface area contributed by atoms with E-state index in [1.165, 1.54) is 24.9 Å². The molecule has 1 saturated carbocycles. The van der Waals surface area contributed by atoms with Gasteiger partial charge in [0, 0.05) is 25.9 Å². The number of imidazole rings is 1. The van der Waals surface area contributed by atoms with Gasteiger partial charge in [0.1, 0.15) is 11.3 Å². The first kappa shape index (κ1) is 14.9. The Morgan fingerprint density at radius 2 is 2.14 bits per heavy atom. The molecule has 4 nitrogen and oxygen atoms in total. The summed E-state index contributed by atoms with van der Waals surface area (Å²) in [4.78, 5) is 4.85. The van der Waals surface area contributed by atoms with Gasteiger partial charge in [0.05, 0.1) is 5.69 Å². The molecular weight excluding hydrogens is 284 g/mol. The van der Waals surface area contributed by atoms with Crippen LogP contribution in [0.25, 0.3) is 11.2 Å². The van der Waals surface area contributed by atoms with Gasteiger partial charge in [-0.1, -0.05) is 20.3 Å². The van der Waals surface area contributed by atoms with E-state index in [1.54, 1.807) is 0 Å². The summed E-state index contributed by atoms with van der Waals surface area (Å²) in [5.41, 5.74) is 3.35. The lowest BCUT2D eigenvalue weighted by atomic mass is 10.1. The zero-order valence-corrected chi connectivity index (χ0v) is 14.0. The molecule has 3 rings (SSSR count). The summed E-state index contributed by atoms with van der Waals surface area (Å²) in [5.74, 6) is 3.39. The molecule has 0 aliphatic heterocycles. The third-order valence-corrected chi connectivity index (χ3v) is 4.96. The van der Waals surface area contributed by atoms with E-state index in [9.17, 15) is 0 Å². The van der Waals surface area contributed by atoms with Gasteiger partial charge in [-0.3, -0.25) is 4.68 Å². The number of halogens is 1. The Kier molecular flexibility index (Phi) is 4.25. The number of aromatic nitrogens is 4. The highest BCUT2D eigenvalue weighted by atomic mass is 35.5. The van der Waals surface area contributed by atoms with Crippen molar-refractivity contribution in [3.8, 4) is 0 Å². The number of hydrogen-bond acceptors (Lipinski definition) is 2. The van der Waals surface area contributed by atoms with Crippen LogP contribution in [0, 0.1) is 11.8 Å². The first-order valence-electron chi connectivity index (χ1n) is 8.11. The molecule has 116 valence electrons.